The summed E-state index contributed by atoms with van der Waals surface area (Å²) in [5, 5.41) is 2.14. The number of fused-ring (bicyclic) bond motifs is 1. The fourth-order valence-corrected chi connectivity index (χ4v) is 9.73. The Kier molecular flexibility index (Phi) is 10.8. The number of halogens is 1. The van der Waals surface area contributed by atoms with E-state index >= 15 is 4.39 Å². The lowest BCUT2D eigenvalue weighted by molar-refractivity contribution is -0.137. The van der Waals surface area contributed by atoms with Crippen LogP contribution in [0.4, 0.5) is 20.6 Å². The van der Waals surface area contributed by atoms with Gasteiger partial charge in [0.25, 0.3) is 0 Å². The molecule has 3 fully saturated rings. The summed E-state index contributed by atoms with van der Waals surface area (Å²) in [6, 6.07) is 17.3. The van der Waals surface area contributed by atoms with E-state index in [4.69, 9.17) is 0 Å². The van der Waals surface area contributed by atoms with Crippen LogP contribution in [0.1, 0.15) is 87.3 Å². The van der Waals surface area contributed by atoms with Crippen LogP contribution < -0.4 is 10.2 Å². The lowest BCUT2D eigenvalue weighted by Gasteiger charge is -2.38. The number of pyridine rings is 1. The Bertz CT molecular complexity index is 1750. The summed E-state index contributed by atoms with van der Waals surface area (Å²) < 4.78 is 15.9. The molecule has 3 aromatic rings. The number of carbonyl (C=O) groups is 3. The number of rotatable bonds is 8. The second kappa shape index (κ2) is 15.5. The zero-order valence-electron chi connectivity index (χ0n) is 30.6. The number of para-hydroxylation sites is 2. The summed E-state index contributed by atoms with van der Waals surface area (Å²) in [6.07, 6.45) is 8.57. The fraction of sp³-hybridized carbons (Fsp3) is 0.512. The van der Waals surface area contributed by atoms with Crippen LogP contribution in [0.15, 0.2) is 67.0 Å². The molecular formula is C41H51FN6O3S. The van der Waals surface area contributed by atoms with Crippen LogP contribution in [0.2, 0.25) is 0 Å². The van der Waals surface area contributed by atoms with E-state index in [0.717, 1.165) is 55.6 Å². The van der Waals surface area contributed by atoms with Crippen molar-refractivity contribution in [3.63, 3.8) is 0 Å². The molecule has 7 rings (SSSR count). The minimum atomic E-state index is -0.543. The van der Waals surface area contributed by atoms with Crippen molar-refractivity contribution in [2.45, 2.75) is 88.3 Å². The SMILES string of the molecule is CC(C)(C)CCN1C(=O)[C@@H](CC(=O)N2CCC(N3CCc4ccccc4NC3=O)CC2)SC1c1cccc(F)c1N1CCC(c2ccncc2)CC1. The van der Waals surface area contributed by atoms with E-state index in [1.807, 2.05) is 51.4 Å². The maximum absolute atomic E-state index is 15.9. The average Bonchev–Trinajstić information content (AvgIpc) is 3.34. The summed E-state index contributed by atoms with van der Waals surface area (Å²) in [6.45, 7) is 10.2. The second-order valence-electron chi connectivity index (χ2n) is 15.9. The molecule has 1 aromatic heterocycles. The first-order valence-electron chi connectivity index (χ1n) is 18.9. The van der Waals surface area contributed by atoms with E-state index < -0.39 is 5.25 Å². The molecule has 1 unspecified atom stereocenters. The molecule has 11 heteroatoms. The monoisotopic (exact) mass is 726 g/mol. The third-order valence-electron chi connectivity index (χ3n) is 11.3. The highest BCUT2D eigenvalue weighted by molar-refractivity contribution is 8.01. The molecule has 3 saturated heterocycles. The Labute approximate surface area is 311 Å². The number of benzene rings is 2. The molecule has 4 aliphatic heterocycles. The molecule has 5 heterocycles. The molecule has 0 spiro atoms. The predicted octanol–water partition coefficient (Wildman–Crippen LogP) is 7.45. The molecular weight excluding hydrogens is 676 g/mol. The van der Waals surface area contributed by atoms with Gasteiger partial charge >= 0.3 is 6.03 Å². The van der Waals surface area contributed by atoms with Gasteiger partial charge in [0.15, 0.2) is 0 Å². The van der Waals surface area contributed by atoms with Crippen LogP contribution in [-0.2, 0) is 16.0 Å². The standard InChI is InChI=1S/C41H51FN6O3S/c1-41(2,3)18-26-48-38(50)35(27-36(49)45-23-16-31(17-24-45)47-25-15-30-7-4-5-10-34(30)44-40(47)51)52-39(48)32-8-6-9-33(42)37(32)46-21-13-29(14-22-46)28-11-19-43-20-12-28/h4-12,19-20,29,31,35,39H,13-18,21-27H2,1-3H3,(H,44,51)/t35-,39?/m1/s1. The van der Waals surface area contributed by atoms with E-state index in [2.05, 4.69) is 54.2 Å². The number of carbonyl (C=O) groups excluding carboxylic acids is 3. The van der Waals surface area contributed by atoms with Gasteiger partial charge in [-0.25, -0.2) is 9.18 Å². The van der Waals surface area contributed by atoms with Crippen molar-refractivity contribution in [1.82, 2.24) is 19.7 Å². The van der Waals surface area contributed by atoms with Crippen LogP contribution in [0.25, 0.3) is 0 Å². The molecule has 2 aromatic carbocycles. The molecule has 0 radical (unpaired) electrons. The van der Waals surface area contributed by atoms with Gasteiger partial charge < -0.3 is 24.9 Å². The van der Waals surface area contributed by atoms with Gasteiger partial charge in [-0.2, -0.15) is 0 Å². The zero-order chi connectivity index (χ0) is 36.4. The number of likely N-dealkylation sites (tertiary alicyclic amines) is 1. The molecule has 1 N–H and O–H groups in total. The number of urea groups is 1. The fourth-order valence-electron chi connectivity index (χ4n) is 8.24. The Hall–Kier alpha value is -4.12. The van der Waals surface area contributed by atoms with Gasteiger partial charge in [-0.15, -0.1) is 11.8 Å². The van der Waals surface area contributed by atoms with Crippen LogP contribution in [0.3, 0.4) is 0 Å². The lowest BCUT2D eigenvalue weighted by atomic mass is 9.89. The molecule has 276 valence electrons. The summed E-state index contributed by atoms with van der Waals surface area (Å²) in [7, 11) is 0. The normalized spacial score (nSPS) is 22.0. The lowest BCUT2D eigenvalue weighted by Crippen LogP contribution is -2.50. The third-order valence-corrected chi connectivity index (χ3v) is 12.7. The van der Waals surface area contributed by atoms with Gasteiger partial charge in [0, 0.05) is 75.4 Å². The zero-order valence-corrected chi connectivity index (χ0v) is 31.4. The quantitative estimate of drug-likeness (QED) is 0.260. The van der Waals surface area contributed by atoms with Crippen molar-refractivity contribution in [3.8, 4) is 0 Å². The van der Waals surface area contributed by atoms with E-state index in [1.165, 1.54) is 23.4 Å². The van der Waals surface area contributed by atoms with E-state index in [1.54, 1.807) is 6.07 Å². The smallest absolute Gasteiger partial charge is 0.322 e. The van der Waals surface area contributed by atoms with Gasteiger partial charge in [-0.05, 0) is 85.3 Å². The summed E-state index contributed by atoms with van der Waals surface area (Å²) in [5.74, 6) is 0.0494. The van der Waals surface area contributed by atoms with Gasteiger partial charge in [-0.1, -0.05) is 51.1 Å². The average molecular weight is 727 g/mol. The Morgan fingerprint density at radius 2 is 1.65 bits per heavy atom. The molecule has 52 heavy (non-hydrogen) atoms. The minimum absolute atomic E-state index is 0.000414. The second-order valence-corrected chi connectivity index (χ2v) is 17.2. The number of nitrogens with one attached hydrogen (secondary N) is 1. The maximum atomic E-state index is 15.9. The van der Waals surface area contributed by atoms with Gasteiger partial charge in [0.2, 0.25) is 11.8 Å². The van der Waals surface area contributed by atoms with Crippen LogP contribution in [-0.4, -0.2) is 88.1 Å². The minimum Gasteiger partial charge on any atom is -0.369 e. The van der Waals surface area contributed by atoms with E-state index in [-0.39, 0.29) is 46.9 Å². The first-order valence-corrected chi connectivity index (χ1v) is 19.8. The first-order chi connectivity index (χ1) is 25.1. The molecule has 9 nitrogen and oxygen atoms in total. The number of hydrogen-bond acceptors (Lipinski definition) is 6. The number of anilines is 2. The molecule has 0 bridgehead atoms. The first kappa shape index (κ1) is 36.2. The largest absolute Gasteiger partial charge is 0.369 e. The summed E-state index contributed by atoms with van der Waals surface area (Å²) in [5.41, 5.74) is 4.66. The van der Waals surface area contributed by atoms with E-state index in [0.29, 0.717) is 50.6 Å². The molecule has 2 atom stereocenters. The van der Waals surface area contributed by atoms with Gasteiger partial charge in [0.1, 0.15) is 11.2 Å². The van der Waals surface area contributed by atoms with Crippen LogP contribution >= 0.6 is 11.8 Å². The maximum Gasteiger partial charge on any atom is 0.322 e. The highest BCUT2D eigenvalue weighted by Gasteiger charge is 2.44. The molecule has 0 saturated carbocycles. The number of amides is 4. The summed E-state index contributed by atoms with van der Waals surface area (Å²) >= 11 is 1.49. The molecule has 4 amide bonds. The van der Waals surface area contributed by atoms with Gasteiger partial charge in [0.05, 0.1) is 10.9 Å². The van der Waals surface area contributed by atoms with Crippen molar-refractivity contribution >= 4 is 41.0 Å². The topological polar surface area (TPSA) is 89.1 Å². The number of thioether (sulfide) groups is 1. The van der Waals surface area contributed by atoms with Gasteiger partial charge in [-0.3, -0.25) is 14.6 Å². The summed E-state index contributed by atoms with van der Waals surface area (Å²) in [4.78, 5) is 53.1. The number of hydrogen-bond donors (Lipinski definition) is 1. The van der Waals surface area contributed by atoms with Crippen molar-refractivity contribution in [1.29, 1.82) is 0 Å². The van der Waals surface area contributed by atoms with Crippen molar-refractivity contribution in [2.75, 3.05) is 49.5 Å². The Balaban J connectivity index is 1.03. The number of nitrogens with zero attached hydrogens (tertiary/aromatic N) is 5. The number of piperidine rings is 2. The van der Waals surface area contributed by atoms with Crippen LogP contribution in [0, 0.1) is 11.2 Å². The number of aromatic nitrogens is 1. The Morgan fingerprint density at radius 3 is 2.38 bits per heavy atom. The Morgan fingerprint density at radius 1 is 0.923 bits per heavy atom. The highest BCUT2D eigenvalue weighted by atomic mass is 32.2. The van der Waals surface area contributed by atoms with Crippen molar-refractivity contribution < 1.29 is 18.8 Å². The van der Waals surface area contributed by atoms with Crippen molar-refractivity contribution in [2.24, 2.45) is 5.41 Å². The van der Waals surface area contributed by atoms with Crippen LogP contribution in [0.5, 0.6) is 0 Å². The predicted molar refractivity (Wildman–Crippen MR) is 205 cm³/mol. The molecule has 4 aliphatic rings. The van der Waals surface area contributed by atoms with Crippen molar-refractivity contribution in [3.05, 3.63) is 89.5 Å². The highest BCUT2D eigenvalue weighted by Crippen LogP contribution is 2.49. The van der Waals surface area contributed by atoms with E-state index in [9.17, 15) is 14.4 Å². The molecule has 0 aliphatic carbocycles. The third kappa shape index (κ3) is 7.94.